The summed E-state index contributed by atoms with van der Waals surface area (Å²) in [6.45, 7) is 19.2. The van der Waals surface area contributed by atoms with E-state index in [0.29, 0.717) is 17.8 Å². The standard InChI is InChI=1S/C42H48/c1-9-26(10-2)29-21-30(27(11-3)12-4)24-42(23-29)35-20-19-28-15-13-18-34-37(28)38(35)39-36(41(34,7)8)22-33-31(25(5)6)16-14-17-32(33)40(39)42/h13-23,25-27H,9-12,24H2,1-8H3. The van der Waals surface area contributed by atoms with Gasteiger partial charge in [-0.3, -0.25) is 0 Å². The highest BCUT2D eigenvalue weighted by molar-refractivity contribution is 6.13. The molecule has 1 atom stereocenters. The molecule has 0 N–H and O–H groups in total. The third-order valence-corrected chi connectivity index (χ3v) is 11.6. The van der Waals surface area contributed by atoms with Gasteiger partial charge in [-0.25, -0.2) is 0 Å². The smallest absolute Gasteiger partial charge is 0.0443 e. The maximum Gasteiger partial charge on any atom is 0.0443 e. The van der Waals surface area contributed by atoms with E-state index in [0.717, 1.165) is 6.42 Å². The fourth-order valence-electron chi connectivity index (χ4n) is 9.35. The zero-order valence-electron chi connectivity index (χ0n) is 27.1. The van der Waals surface area contributed by atoms with Crippen LogP contribution in [0.25, 0.3) is 32.7 Å². The van der Waals surface area contributed by atoms with Gasteiger partial charge >= 0.3 is 0 Å². The highest BCUT2D eigenvalue weighted by atomic mass is 14.5. The van der Waals surface area contributed by atoms with Gasteiger partial charge < -0.3 is 0 Å². The van der Waals surface area contributed by atoms with Gasteiger partial charge in [0.15, 0.2) is 0 Å². The summed E-state index contributed by atoms with van der Waals surface area (Å²) in [6.07, 6.45) is 11.3. The first kappa shape index (κ1) is 27.7. The molecule has 0 fully saturated rings. The van der Waals surface area contributed by atoms with Gasteiger partial charge in [0.25, 0.3) is 0 Å². The molecule has 3 aliphatic rings. The van der Waals surface area contributed by atoms with Crippen LogP contribution in [0.3, 0.4) is 0 Å². The van der Waals surface area contributed by atoms with Crippen molar-refractivity contribution in [1.82, 2.24) is 0 Å². The fraction of sp³-hybridized carbons (Fsp3) is 0.429. The molecule has 0 radical (unpaired) electrons. The Morgan fingerprint density at radius 1 is 0.714 bits per heavy atom. The molecule has 1 spiro atoms. The molecule has 1 unspecified atom stereocenters. The van der Waals surface area contributed by atoms with Crippen LogP contribution in [-0.2, 0) is 10.8 Å². The Labute approximate surface area is 253 Å². The van der Waals surface area contributed by atoms with E-state index < -0.39 is 0 Å². The van der Waals surface area contributed by atoms with Crippen LogP contribution < -0.4 is 0 Å². The summed E-state index contributed by atoms with van der Waals surface area (Å²) in [4.78, 5) is 0. The van der Waals surface area contributed by atoms with E-state index in [1.54, 1.807) is 27.8 Å². The SMILES string of the molecule is CCC(CC)C1=CC2(CC(C(CC)CC)=C1)c1ccc3cccc4c3c1-c1c(cc3c(C(C)C)cccc3c12)C4(C)C. The third kappa shape index (κ3) is 3.54. The molecule has 0 saturated carbocycles. The topological polar surface area (TPSA) is 0 Å². The van der Waals surface area contributed by atoms with Gasteiger partial charge in [-0.05, 0) is 122 Å². The van der Waals surface area contributed by atoms with Gasteiger partial charge in [-0.15, -0.1) is 0 Å². The van der Waals surface area contributed by atoms with Gasteiger partial charge in [-0.2, -0.15) is 0 Å². The second kappa shape index (κ2) is 9.70. The lowest BCUT2D eigenvalue weighted by Gasteiger charge is -2.39. The molecule has 4 aromatic carbocycles. The van der Waals surface area contributed by atoms with Crippen LogP contribution in [0.2, 0.25) is 0 Å². The van der Waals surface area contributed by atoms with E-state index in [1.165, 1.54) is 69.5 Å². The number of hydrogen-bond donors (Lipinski definition) is 0. The largest absolute Gasteiger partial charge is 0.0657 e. The van der Waals surface area contributed by atoms with Gasteiger partial charge in [0.1, 0.15) is 0 Å². The predicted octanol–water partition coefficient (Wildman–Crippen LogP) is 12.2. The summed E-state index contributed by atoms with van der Waals surface area (Å²) < 4.78 is 0. The highest BCUT2D eigenvalue weighted by Crippen LogP contribution is 2.64. The van der Waals surface area contributed by atoms with Crippen molar-refractivity contribution >= 4 is 21.5 Å². The Kier molecular flexibility index (Phi) is 6.40. The van der Waals surface area contributed by atoms with E-state index in [4.69, 9.17) is 0 Å². The number of rotatable bonds is 7. The van der Waals surface area contributed by atoms with Crippen LogP contribution in [0.15, 0.2) is 77.9 Å². The number of hydrogen-bond acceptors (Lipinski definition) is 0. The minimum absolute atomic E-state index is 0.0658. The van der Waals surface area contributed by atoms with Gasteiger partial charge in [0, 0.05) is 10.8 Å². The molecule has 0 amide bonds. The van der Waals surface area contributed by atoms with Crippen molar-refractivity contribution in [3.63, 3.8) is 0 Å². The molecule has 4 aromatic rings. The Morgan fingerprint density at radius 2 is 1.43 bits per heavy atom. The second-order valence-electron chi connectivity index (χ2n) is 14.3. The average Bonchev–Trinajstić information content (AvgIpc) is 3.26. The molecular weight excluding hydrogens is 504 g/mol. The van der Waals surface area contributed by atoms with Gasteiger partial charge in [0.2, 0.25) is 0 Å². The van der Waals surface area contributed by atoms with Crippen LogP contribution in [0.4, 0.5) is 0 Å². The lowest BCUT2D eigenvalue weighted by atomic mass is 9.64. The summed E-state index contributed by atoms with van der Waals surface area (Å²) in [5.74, 6) is 1.70. The zero-order chi connectivity index (χ0) is 29.6. The van der Waals surface area contributed by atoms with Crippen molar-refractivity contribution in [2.24, 2.45) is 11.8 Å². The summed E-state index contributed by atoms with van der Waals surface area (Å²) >= 11 is 0. The molecule has 0 bridgehead atoms. The normalized spacial score (nSPS) is 20.0. The quantitative estimate of drug-likeness (QED) is 0.214. The Bertz CT molecular complexity index is 1800. The first-order valence-electron chi connectivity index (χ1n) is 16.8. The van der Waals surface area contributed by atoms with E-state index in [-0.39, 0.29) is 10.8 Å². The van der Waals surface area contributed by atoms with Crippen molar-refractivity contribution in [2.75, 3.05) is 0 Å². The number of allylic oxidation sites excluding steroid dienone is 4. The van der Waals surface area contributed by atoms with Crippen molar-refractivity contribution in [1.29, 1.82) is 0 Å². The van der Waals surface area contributed by atoms with Crippen LogP contribution in [-0.4, -0.2) is 0 Å². The highest BCUT2D eigenvalue weighted by Gasteiger charge is 2.50. The summed E-state index contributed by atoms with van der Waals surface area (Å²) in [5.41, 5.74) is 13.8. The van der Waals surface area contributed by atoms with E-state index in [1.807, 2.05) is 0 Å². The maximum atomic E-state index is 2.78. The first-order chi connectivity index (χ1) is 20.2. The zero-order valence-corrected chi connectivity index (χ0v) is 27.1. The molecular formula is C42H48. The molecule has 216 valence electrons. The minimum atomic E-state index is -0.138. The molecule has 0 aromatic heterocycles. The molecule has 7 rings (SSSR count). The van der Waals surface area contributed by atoms with E-state index >= 15 is 0 Å². The van der Waals surface area contributed by atoms with Crippen LogP contribution >= 0.6 is 0 Å². The van der Waals surface area contributed by atoms with E-state index in [2.05, 4.69) is 122 Å². The molecule has 0 aliphatic heterocycles. The van der Waals surface area contributed by atoms with Crippen LogP contribution in [0.5, 0.6) is 0 Å². The monoisotopic (exact) mass is 552 g/mol. The van der Waals surface area contributed by atoms with Crippen molar-refractivity contribution in [3.05, 3.63) is 106 Å². The summed E-state index contributed by atoms with van der Waals surface area (Å²) in [5, 5.41) is 5.83. The van der Waals surface area contributed by atoms with E-state index in [9.17, 15) is 0 Å². The molecule has 0 nitrogen and oxygen atoms in total. The summed E-state index contributed by atoms with van der Waals surface area (Å²) in [6, 6.07) is 21.8. The second-order valence-corrected chi connectivity index (χ2v) is 14.3. The van der Waals surface area contributed by atoms with Gasteiger partial charge in [0.05, 0.1) is 0 Å². The maximum absolute atomic E-state index is 2.78. The number of benzene rings is 4. The molecule has 42 heavy (non-hydrogen) atoms. The Hall–Kier alpha value is -3.12. The minimum Gasteiger partial charge on any atom is -0.0657 e. The van der Waals surface area contributed by atoms with Crippen molar-refractivity contribution in [2.45, 2.75) is 104 Å². The van der Waals surface area contributed by atoms with Crippen LogP contribution in [0, 0.1) is 11.8 Å². The van der Waals surface area contributed by atoms with Gasteiger partial charge in [-0.1, -0.05) is 122 Å². The van der Waals surface area contributed by atoms with Crippen LogP contribution in [0.1, 0.15) is 121 Å². The first-order valence-corrected chi connectivity index (χ1v) is 16.8. The third-order valence-electron chi connectivity index (χ3n) is 11.6. The predicted molar refractivity (Wildman–Crippen MR) is 183 cm³/mol. The average molecular weight is 553 g/mol. The lowest BCUT2D eigenvalue weighted by Crippen LogP contribution is -2.30. The van der Waals surface area contributed by atoms with Crippen molar-refractivity contribution in [3.8, 4) is 11.1 Å². The molecule has 3 aliphatic carbocycles. The molecule has 0 heterocycles. The Morgan fingerprint density at radius 3 is 2.12 bits per heavy atom. The molecule has 0 heteroatoms. The lowest BCUT2D eigenvalue weighted by molar-refractivity contribution is 0.491. The number of fused-ring (bicyclic) bond motifs is 4. The van der Waals surface area contributed by atoms with Crippen molar-refractivity contribution < 1.29 is 0 Å². The molecule has 0 saturated heterocycles. The Balaban J connectivity index is 1.70. The summed E-state index contributed by atoms with van der Waals surface area (Å²) in [7, 11) is 0. The fourth-order valence-corrected chi connectivity index (χ4v) is 9.35.